The number of hydrogen-bond donors (Lipinski definition) is 1. The number of amides is 2. The van der Waals surface area contributed by atoms with E-state index in [0.717, 1.165) is 11.3 Å². The smallest absolute Gasteiger partial charge is 0.256 e. The van der Waals surface area contributed by atoms with Gasteiger partial charge in [0.2, 0.25) is 5.91 Å². The van der Waals surface area contributed by atoms with Gasteiger partial charge in [-0.2, -0.15) is 0 Å². The molecule has 1 saturated heterocycles. The fraction of sp³-hybridized carbons (Fsp3) is 0.174. The van der Waals surface area contributed by atoms with Gasteiger partial charge in [-0.15, -0.1) is 0 Å². The first-order chi connectivity index (χ1) is 14.1. The number of aromatic nitrogens is 1. The van der Waals surface area contributed by atoms with E-state index in [1.165, 1.54) is 0 Å². The molecule has 0 unspecified atom stereocenters. The molecule has 6 nitrogen and oxygen atoms in total. The van der Waals surface area contributed by atoms with Crippen LogP contribution in [0.2, 0.25) is 0 Å². The summed E-state index contributed by atoms with van der Waals surface area (Å²) in [5.74, 6) is 0.936. The van der Waals surface area contributed by atoms with Crippen LogP contribution in [0, 0.1) is 0 Å². The number of benzene rings is 2. The first kappa shape index (κ1) is 18.7. The van der Waals surface area contributed by atoms with E-state index in [1.807, 2.05) is 30.3 Å². The Bertz CT molecular complexity index is 1040. The van der Waals surface area contributed by atoms with Crippen molar-refractivity contribution in [1.82, 2.24) is 4.98 Å². The summed E-state index contributed by atoms with van der Waals surface area (Å²) in [6.45, 7) is 0.607. The third-order valence-electron chi connectivity index (χ3n) is 5.02. The highest BCUT2D eigenvalue weighted by atomic mass is 16.5. The lowest BCUT2D eigenvalue weighted by molar-refractivity contribution is -0.117. The van der Waals surface area contributed by atoms with Gasteiger partial charge in [0.1, 0.15) is 11.6 Å². The Labute approximate surface area is 169 Å². The van der Waals surface area contributed by atoms with Crippen LogP contribution in [0.1, 0.15) is 28.3 Å². The quantitative estimate of drug-likeness (QED) is 0.722. The standard InChI is InChI=1S/C23H21N3O3/c1-29-20-9-5-8-17(12-20)23(28)25-21-14-19(10-11-24-21)26-15-18(13-22(26)27)16-6-3-2-4-7-16/h2-12,14,18H,13,15H2,1H3,(H,24,25,28)/t18-/m1/s1. The number of carbonyl (C=O) groups is 2. The van der Waals surface area contributed by atoms with E-state index >= 15 is 0 Å². The van der Waals surface area contributed by atoms with Gasteiger partial charge in [-0.3, -0.25) is 9.59 Å². The van der Waals surface area contributed by atoms with Crippen molar-refractivity contribution in [3.8, 4) is 5.75 Å². The first-order valence-electron chi connectivity index (χ1n) is 9.41. The molecule has 4 rings (SSSR count). The van der Waals surface area contributed by atoms with Gasteiger partial charge in [0.25, 0.3) is 5.91 Å². The van der Waals surface area contributed by atoms with E-state index in [2.05, 4.69) is 10.3 Å². The minimum Gasteiger partial charge on any atom is -0.497 e. The molecular weight excluding hydrogens is 366 g/mol. The molecular formula is C23H21N3O3. The van der Waals surface area contributed by atoms with Crippen molar-refractivity contribution in [2.24, 2.45) is 0 Å². The average molecular weight is 387 g/mol. The van der Waals surface area contributed by atoms with Crippen molar-refractivity contribution in [2.75, 3.05) is 23.9 Å². The second-order valence-corrected chi connectivity index (χ2v) is 6.90. The predicted molar refractivity (Wildman–Crippen MR) is 111 cm³/mol. The molecule has 1 aromatic heterocycles. The van der Waals surface area contributed by atoms with Crippen molar-refractivity contribution in [1.29, 1.82) is 0 Å². The highest BCUT2D eigenvalue weighted by Crippen LogP contribution is 2.32. The van der Waals surface area contributed by atoms with Crippen LogP contribution < -0.4 is 15.0 Å². The molecule has 2 heterocycles. The summed E-state index contributed by atoms with van der Waals surface area (Å²) in [6, 6.07) is 20.4. The van der Waals surface area contributed by atoms with E-state index in [0.29, 0.717) is 30.1 Å². The highest BCUT2D eigenvalue weighted by Gasteiger charge is 2.31. The molecule has 3 aromatic rings. The Morgan fingerprint density at radius 2 is 1.93 bits per heavy atom. The molecule has 1 fully saturated rings. The average Bonchev–Trinajstić information content (AvgIpc) is 3.16. The van der Waals surface area contributed by atoms with E-state index in [9.17, 15) is 9.59 Å². The molecule has 2 amide bonds. The van der Waals surface area contributed by atoms with Crippen molar-refractivity contribution in [2.45, 2.75) is 12.3 Å². The van der Waals surface area contributed by atoms with Crippen LogP contribution in [-0.4, -0.2) is 30.5 Å². The summed E-state index contributed by atoms with van der Waals surface area (Å²) in [6.07, 6.45) is 2.07. The molecule has 1 aliphatic rings. The molecule has 6 heteroatoms. The number of carbonyl (C=O) groups excluding carboxylic acids is 2. The van der Waals surface area contributed by atoms with E-state index in [-0.39, 0.29) is 17.7 Å². The predicted octanol–water partition coefficient (Wildman–Crippen LogP) is 3.86. The molecule has 1 N–H and O–H groups in total. The summed E-state index contributed by atoms with van der Waals surface area (Å²) in [5, 5.41) is 2.79. The number of ether oxygens (including phenoxy) is 1. The van der Waals surface area contributed by atoms with Gasteiger partial charge in [-0.05, 0) is 29.8 Å². The molecule has 2 aromatic carbocycles. The fourth-order valence-corrected chi connectivity index (χ4v) is 3.51. The van der Waals surface area contributed by atoms with Gasteiger partial charge in [0, 0.05) is 42.4 Å². The van der Waals surface area contributed by atoms with Crippen LogP contribution in [0.3, 0.4) is 0 Å². The number of nitrogens with zero attached hydrogens (tertiary/aromatic N) is 2. The number of anilines is 2. The van der Waals surface area contributed by atoms with E-state index in [4.69, 9.17) is 4.74 Å². The monoisotopic (exact) mass is 387 g/mol. The molecule has 0 bridgehead atoms. The summed E-state index contributed by atoms with van der Waals surface area (Å²) < 4.78 is 5.16. The zero-order valence-corrected chi connectivity index (χ0v) is 16.0. The highest BCUT2D eigenvalue weighted by molar-refractivity contribution is 6.04. The maximum atomic E-state index is 12.6. The number of nitrogens with one attached hydrogen (secondary N) is 1. The summed E-state index contributed by atoms with van der Waals surface area (Å²) >= 11 is 0. The van der Waals surface area contributed by atoms with Crippen molar-refractivity contribution in [3.63, 3.8) is 0 Å². The molecule has 29 heavy (non-hydrogen) atoms. The van der Waals surface area contributed by atoms with Gasteiger partial charge in [0.15, 0.2) is 0 Å². The molecule has 146 valence electrons. The van der Waals surface area contributed by atoms with Crippen LogP contribution in [0.25, 0.3) is 0 Å². The number of pyridine rings is 1. The molecule has 0 radical (unpaired) electrons. The van der Waals surface area contributed by atoms with Crippen molar-refractivity contribution in [3.05, 3.63) is 84.1 Å². The lowest BCUT2D eigenvalue weighted by Gasteiger charge is -2.17. The van der Waals surface area contributed by atoms with Crippen molar-refractivity contribution < 1.29 is 14.3 Å². The summed E-state index contributed by atoms with van der Waals surface area (Å²) in [7, 11) is 1.55. The third-order valence-corrected chi connectivity index (χ3v) is 5.02. The Balaban J connectivity index is 1.50. The maximum absolute atomic E-state index is 12.6. The minimum absolute atomic E-state index is 0.0649. The minimum atomic E-state index is -0.288. The van der Waals surface area contributed by atoms with Gasteiger partial charge < -0.3 is 15.0 Å². The van der Waals surface area contributed by atoms with Gasteiger partial charge in [-0.1, -0.05) is 36.4 Å². The normalized spacial score (nSPS) is 16.0. The summed E-state index contributed by atoms with van der Waals surface area (Å²) in [4.78, 5) is 31.1. The topological polar surface area (TPSA) is 71.5 Å². The largest absolute Gasteiger partial charge is 0.497 e. The van der Waals surface area contributed by atoms with Crippen LogP contribution in [-0.2, 0) is 4.79 Å². The zero-order valence-electron chi connectivity index (χ0n) is 16.0. The summed E-state index contributed by atoms with van der Waals surface area (Å²) in [5.41, 5.74) is 2.35. The molecule has 0 spiro atoms. The van der Waals surface area contributed by atoms with E-state index < -0.39 is 0 Å². The Hall–Kier alpha value is -3.67. The second-order valence-electron chi connectivity index (χ2n) is 6.90. The molecule has 1 atom stereocenters. The molecule has 0 saturated carbocycles. The van der Waals surface area contributed by atoms with Crippen LogP contribution >= 0.6 is 0 Å². The maximum Gasteiger partial charge on any atom is 0.256 e. The SMILES string of the molecule is COc1cccc(C(=O)Nc2cc(N3C[C@H](c4ccccc4)CC3=O)ccn2)c1. The van der Waals surface area contributed by atoms with Crippen molar-refractivity contribution >= 4 is 23.3 Å². The fourth-order valence-electron chi connectivity index (χ4n) is 3.51. The number of hydrogen-bond acceptors (Lipinski definition) is 4. The van der Waals surface area contributed by atoms with Gasteiger partial charge in [-0.25, -0.2) is 4.98 Å². The van der Waals surface area contributed by atoms with Crippen LogP contribution in [0.5, 0.6) is 5.75 Å². The Morgan fingerprint density at radius 1 is 1.10 bits per heavy atom. The molecule has 0 aliphatic carbocycles. The third kappa shape index (κ3) is 4.11. The lowest BCUT2D eigenvalue weighted by Crippen LogP contribution is -2.24. The van der Waals surface area contributed by atoms with E-state index in [1.54, 1.807) is 54.6 Å². The number of rotatable bonds is 5. The van der Waals surface area contributed by atoms with Gasteiger partial charge in [0.05, 0.1) is 7.11 Å². The van der Waals surface area contributed by atoms with Crippen LogP contribution in [0.15, 0.2) is 72.9 Å². The Kier molecular flexibility index (Phi) is 5.24. The molecule has 1 aliphatic heterocycles. The number of methoxy groups -OCH3 is 1. The first-order valence-corrected chi connectivity index (χ1v) is 9.41. The Morgan fingerprint density at radius 3 is 2.72 bits per heavy atom. The lowest BCUT2D eigenvalue weighted by atomic mass is 9.99. The zero-order chi connectivity index (χ0) is 20.2. The van der Waals surface area contributed by atoms with Gasteiger partial charge >= 0.3 is 0 Å². The second kappa shape index (κ2) is 8.14. The van der Waals surface area contributed by atoms with Crippen LogP contribution in [0.4, 0.5) is 11.5 Å².